The van der Waals surface area contributed by atoms with Gasteiger partial charge >= 0.3 is 0 Å². The Kier molecular flexibility index (Phi) is 4.20. The van der Waals surface area contributed by atoms with Crippen LogP contribution in [0.2, 0.25) is 0 Å². The molecule has 0 aliphatic carbocycles. The molecule has 0 spiro atoms. The van der Waals surface area contributed by atoms with E-state index in [0.717, 1.165) is 42.6 Å². The largest absolute Gasteiger partial charge is 0.339 e. The first-order chi connectivity index (χ1) is 10.3. The molecule has 2 N–H and O–H groups in total. The van der Waals surface area contributed by atoms with Crippen LogP contribution in [0.4, 0.5) is 0 Å². The lowest BCUT2D eigenvalue weighted by Gasteiger charge is -2.29. The first-order valence-electron chi connectivity index (χ1n) is 7.71. The molecule has 1 aromatic carbocycles. The van der Waals surface area contributed by atoms with E-state index < -0.39 is 0 Å². The summed E-state index contributed by atoms with van der Waals surface area (Å²) >= 11 is 0. The van der Waals surface area contributed by atoms with Crippen LogP contribution in [0.5, 0.6) is 0 Å². The lowest BCUT2D eigenvalue weighted by Crippen LogP contribution is -2.41. The molecule has 21 heavy (non-hydrogen) atoms. The van der Waals surface area contributed by atoms with E-state index in [4.69, 9.17) is 0 Å². The normalized spacial score (nSPS) is 18.8. The van der Waals surface area contributed by atoms with Gasteiger partial charge < -0.3 is 10.2 Å². The Labute approximate surface area is 124 Å². The van der Waals surface area contributed by atoms with Gasteiger partial charge in [-0.2, -0.15) is 5.10 Å². The Hall–Kier alpha value is -1.88. The Morgan fingerprint density at radius 3 is 3.14 bits per heavy atom. The molecule has 2 aromatic rings. The SMILES string of the molecule is CCN(CC1CCCNC1)C(=O)c1ccc2cn[nH]c2c1. The lowest BCUT2D eigenvalue weighted by molar-refractivity contribution is 0.0729. The monoisotopic (exact) mass is 286 g/mol. The van der Waals surface area contributed by atoms with Crippen molar-refractivity contribution in [2.45, 2.75) is 19.8 Å². The van der Waals surface area contributed by atoms with Gasteiger partial charge in [0.1, 0.15) is 0 Å². The summed E-state index contributed by atoms with van der Waals surface area (Å²) in [5.74, 6) is 0.679. The number of nitrogens with zero attached hydrogens (tertiary/aromatic N) is 2. The fourth-order valence-electron chi connectivity index (χ4n) is 3.00. The number of nitrogens with one attached hydrogen (secondary N) is 2. The van der Waals surface area contributed by atoms with E-state index in [-0.39, 0.29) is 5.91 Å². The number of hydrogen-bond acceptors (Lipinski definition) is 3. The Morgan fingerprint density at radius 1 is 1.48 bits per heavy atom. The third kappa shape index (κ3) is 3.08. The molecule has 2 heterocycles. The van der Waals surface area contributed by atoms with Crippen molar-refractivity contribution < 1.29 is 4.79 Å². The fraction of sp³-hybridized carbons (Fsp3) is 0.500. The van der Waals surface area contributed by atoms with Gasteiger partial charge in [-0.1, -0.05) is 6.07 Å². The van der Waals surface area contributed by atoms with E-state index in [1.807, 2.05) is 30.0 Å². The van der Waals surface area contributed by atoms with E-state index in [1.165, 1.54) is 12.8 Å². The Balaban J connectivity index is 1.74. The summed E-state index contributed by atoms with van der Waals surface area (Å²) in [6.07, 6.45) is 4.18. The molecule has 112 valence electrons. The number of fused-ring (bicyclic) bond motifs is 1. The second kappa shape index (κ2) is 6.26. The quantitative estimate of drug-likeness (QED) is 0.904. The average Bonchev–Trinajstić information content (AvgIpc) is 3.00. The summed E-state index contributed by atoms with van der Waals surface area (Å²) in [5.41, 5.74) is 1.65. The first kappa shape index (κ1) is 14.1. The number of benzene rings is 1. The van der Waals surface area contributed by atoms with Crippen LogP contribution in [0.25, 0.3) is 10.9 Å². The zero-order valence-corrected chi connectivity index (χ0v) is 12.4. The fourth-order valence-corrected chi connectivity index (χ4v) is 3.00. The Morgan fingerprint density at radius 2 is 2.38 bits per heavy atom. The maximum atomic E-state index is 12.7. The molecule has 1 amide bonds. The number of H-pyrrole nitrogens is 1. The number of aromatic amines is 1. The van der Waals surface area contributed by atoms with Crippen LogP contribution in [-0.2, 0) is 0 Å². The molecular weight excluding hydrogens is 264 g/mol. The number of piperidine rings is 1. The van der Waals surface area contributed by atoms with Crippen molar-refractivity contribution in [2.75, 3.05) is 26.2 Å². The van der Waals surface area contributed by atoms with Gasteiger partial charge in [0.2, 0.25) is 0 Å². The highest BCUT2D eigenvalue weighted by atomic mass is 16.2. The van der Waals surface area contributed by atoms with Crippen molar-refractivity contribution in [3.8, 4) is 0 Å². The van der Waals surface area contributed by atoms with Gasteiger partial charge in [0.15, 0.2) is 0 Å². The van der Waals surface area contributed by atoms with Gasteiger partial charge in [-0.3, -0.25) is 9.89 Å². The zero-order valence-electron chi connectivity index (χ0n) is 12.4. The molecule has 0 radical (unpaired) electrons. The van der Waals surface area contributed by atoms with Crippen molar-refractivity contribution in [1.29, 1.82) is 0 Å². The van der Waals surface area contributed by atoms with Crippen LogP contribution in [-0.4, -0.2) is 47.2 Å². The number of carbonyl (C=O) groups is 1. The highest BCUT2D eigenvalue weighted by Gasteiger charge is 2.20. The van der Waals surface area contributed by atoms with Crippen molar-refractivity contribution >= 4 is 16.8 Å². The molecule has 5 nitrogen and oxygen atoms in total. The first-order valence-corrected chi connectivity index (χ1v) is 7.71. The van der Waals surface area contributed by atoms with Crippen LogP contribution in [0, 0.1) is 5.92 Å². The smallest absolute Gasteiger partial charge is 0.253 e. The number of aromatic nitrogens is 2. The predicted molar refractivity (Wildman–Crippen MR) is 83.3 cm³/mol. The van der Waals surface area contributed by atoms with E-state index >= 15 is 0 Å². The number of amides is 1. The van der Waals surface area contributed by atoms with Crippen LogP contribution in [0.3, 0.4) is 0 Å². The summed E-state index contributed by atoms with van der Waals surface area (Å²) in [6.45, 7) is 5.75. The molecule has 1 aliphatic heterocycles. The lowest BCUT2D eigenvalue weighted by atomic mass is 9.98. The molecule has 0 saturated carbocycles. The van der Waals surface area contributed by atoms with E-state index in [0.29, 0.717) is 5.92 Å². The summed E-state index contributed by atoms with van der Waals surface area (Å²) in [5, 5.41) is 11.4. The molecule has 3 rings (SSSR count). The molecule has 0 bridgehead atoms. The summed E-state index contributed by atoms with van der Waals surface area (Å²) in [7, 11) is 0. The minimum absolute atomic E-state index is 0.111. The van der Waals surface area contributed by atoms with Gasteiger partial charge in [0, 0.05) is 24.0 Å². The van der Waals surface area contributed by atoms with Crippen molar-refractivity contribution in [3.05, 3.63) is 30.0 Å². The summed E-state index contributed by atoms with van der Waals surface area (Å²) in [6, 6.07) is 5.73. The van der Waals surface area contributed by atoms with E-state index in [9.17, 15) is 4.79 Å². The van der Waals surface area contributed by atoms with Gasteiger partial charge in [-0.05, 0) is 50.9 Å². The summed E-state index contributed by atoms with van der Waals surface area (Å²) in [4.78, 5) is 14.6. The Bertz CT molecular complexity index is 616. The molecule has 1 unspecified atom stereocenters. The van der Waals surface area contributed by atoms with Crippen LogP contribution < -0.4 is 5.32 Å². The van der Waals surface area contributed by atoms with Gasteiger partial charge in [-0.25, -0.2) is 0 Å². The second-order valence-corrected chi connectivity index (χ2v) is 5.73. The third-order valence-corrected chi connectivity index (χ3v) is 4.24. The average molecular weight is 286 g/mol. The van der Waals surface area contributed by atoms with Gasteiger partial charge in [0.25, 0.3) is 5.91 Å². The summed E-state index contributed by atoms with van der Waals surface area (Å²) < 4.78 is 0. The standard InChI is InChI=1S/C16H22N4O/c1-2-20(11-12-4-3-7-17-9-12)16(21)13-5-6-14-10-18-19-15(14)8-13/h5-6,8,10,12,17H,2-4,7,9,11H2,1H3,(H,18,19). The predicted octanol–water partition coefficient (Wildman–Crippen LogP) is 2.02. The van der Waals surface area contributed by atoms with Gasteiger partial charge in [-0.15, -0.1) is 0 Å². The number of hydrogen-bond donors (Lipinski definition) is 2. The number of carbonyl (C=O) groups excluding carboxylic acids is 1. The second-order valence-electron chi connectivity index (χ2n) is 5.73. The minimum Gasteiger partial charge on any atom is -0.339 e. The zero-order chi connectivity index (χ0) is 14.7. The highest BCUT2D eigenvalue weighted by molar-refractivity contribution is 5.97. The van der Waals surface area contributed by atoms with Crippen LogP contribution in [0.15, 0.2) is 24.4 Å². The highest BCUT2D eigenvalue weighted by Crippen LogP contribution is 2.17. The van der Waals surface area contributed by atoms with Crippen molar-refractivity contribution in [1.82, 2.24) is 20.4 Å². The van der Waals surface area contributed by atoms with E-state index in [1.54, 1.807) is 6.20 Å². The maximum Gasteiger partial charge on any atom is 0.253 e. The minimum atomic E-state index is 0.111. The molecule has 1 aliphatic rings. The van der Waals surface area contributed by atoms with Crippen molar-refractivity contribution in [3.63, 3.8) is 0 Å². The van der Waals surface area contributed by atoms with Crippen LogP contribution >= 0.6 is 0 Å². The van der Waals surface area contributed by atoms with Crippen LogP contribution in [0.1, 0.15) is 30.1 Å². The molecule has 1 fully saturated rings. The maximum absolute atomic E-state index is 12.7. The van der Waals surface area contributed by atoms with Gasteiger partial charge in [0.05, 0.1) is 11.7 Å². The molecular formula is C16H22N4O. The third-order valence-electron chi connectivity index (χ3n) is 4.24. The van der Waals surface area contributed by atoms with Crippen molar-refractivity contribution in [2.24, 2.45) is 5.92 Å². The topological polar surface area (TPSA) is 61.0 Å². The molecule has 1 aromatic heterocycles. The molecule has 1 saturated heterocycles. The van der Waals surface area contributed by atoms with E-state index in [2.05, 4.69) is 15.5 Å². The molecule has 1 atom stereocenters. The number of rotatable bonds is 4. The molecule has 5 heteroatoms.